The fourth-order valence-electron chi connectivity index (χ4n) is 3.15. The van der Waals surface area contributed by atoms with Gasteiger partial charge in [-0.25, -0.2) is 4.68 Å². The first-order chi connectivity index (χ1) is 12.7. The molecule has 1 amide bonds. The summed E-state index contributed by atoms with van der Waals surface area (Å²) in [4.78, 5) is 21.2. The van der Waals surface area contributed by atoms with E-state index in [2.05, 4.69) is 25.4 Å². The summed E-state index contributed by atoms with van der Waals surface area (Å²) in [6, 6.07) is 4.51. The summed E-state index contributed by atoms with van der Waals surface area (Å²) in [6.45, 7) is 6.18. The van der Waals surface area contributed by atoms with Crippen molar-refractivity contribution in [2.75, 3.05) is 26.2 Å². The van der Waals surface area contributed by atoms with E-state index in [1.54, 1.807) is 0 Å². The van der Waals surface area contributed by atoms with E-state index in [9.17, 15) is 4.79 Å². The van der Waals surface area contributed by atoms with Gasteiger partial charge < -0.3 is 4.90 Å². The van der Waals surface area contributed by atoms with Crippen LogP contribution in [-0.4, -0.2) is 72.3 Å². The third-order valence-corrected chi connectivity index (χ3v) is 5.86. The van der Waals surface area contributed by atoms with Crippen LogP contribution in [0.15, 0.2) is 29.7 Å². The molecule has 26 heavy (non-hydrogen) atoms. The first-order valence-electron chi connectivity index (χ1n) is 9.05. The van der Waals surface area contributed by atoms with Gasteiger partial charge in [-0.3, -0.25) is 14.7 Å². The molecule has 0 aromatic carbocycles. The summed E-state index contributed by atoms with van der Waals surface area (Å²) in [6.07, 6.45) is 5.90. The van der Waals surface area contributed by atoms with Gasteiger partial charge in [-0.2, -0.15) is 0 Å². The zero-order valence-corrected chi connectivity index (χ0v) is 15.7. The largest absolute Gasteiger partial charge is 0.339 e. The van der Waals surface area contributed by atoms with Crippen molar-refractivity contribution in [1.29, 1.82) is 0 Å². The van der Waals surface area contributed by atoms with Crippen LogP contribution in [-0.2, 0) is 11.3 Å². The van der Waals surface area contributed by atoms with Gasteiger partial charge in [0.1, 0.15) is 0 Å². The number of hydrogen-bond donors (Lipinski definition) is 0. The Balaban J connectivity index is 1.28. The highest BCUT2D eigenvalue weighted by atomic mass is 32.2. The maximum Gasteiger partial charge on any atom is 0.235 e. The van der Waals surface area contributed by atoms with E-state index in [1.165, 1.54) is 17.3 Å². The normalized spacial score (nSPS) is 19.5. The number of aromatic nitrogens is 5. The predicted molar refractivity (Wildman–Crippen MR) is 97.5 cm³/mol. The lowest BCUT2D eigenvalue weighted by atomic mass is 10.2. The number of thioether (sulfide) groups is 1. The zero-order valence-electron chi connectivity index (χ0n) is 14.9. The maximum absolute atomic E-state index is 12.8. The topological polar surface area (TPSA) is 80.0 Å². The molecule has 3 heterocycles. The summed E-state index contributed by atoms with van der Waals surface area (Å²) in [5.41, 5.74) is 1.26. The van der Waals surface area contributed by atoms with Gasteiger partial charge in [-0.15, -0.1) is 5.10 Å². The van der Waals surface area contributed by atoms with Crippen LogP contribution in [0, 0.1) is 0 Å². The van der Waals surface area contributed by atoms with Crippen LogP contribution in [0.5, 0.6) is 0 Å². The van der Waals surface area contributed by atoms with Crippen LogP contribution >= 0.6 is 11.8 Å². The highest BCUT2D eigenvalue weighted by molar-refractivity contribution is 8.00. The lowest BCUT2D eigenvalue weighted by molar-refractivity contribution is -0.132. The Hall–Kier alpha value is -2.00. The predicted octanol–water partition coefficient (Wildman–Crippen LogP) is 1.23. The summed E-state index contributed by atoms with van der Waals surface area (Å²) >= 11 is 1.47. The maximum atomic E-state index is 12.8. The lowest BCUT2D eigenvalue weighted by Gasteiger charge is -2.35. The quantitative estimate of drug-likeness (QED) is 0.705. The minimum Gasteiger partial charge on any atom is -0.339 e. The van der Waals surface area contributed by atoms with E-state index in [0.29, 0.717) is 6.04 Å². The SMILES string of the molecule is CC(Sc1nnnn1C1CC1)C(=O)N1CCN(Cc2ccncc2)CC1. The van der Waals surface area contributed by atoms with E-state index in [-0.39, 0.29) is 11.2 Å². The Morgan fingerprint density at radius 2 is 1.96 bits per heavy atom. The number of piperazine rings is 1. The molecule has 2 aliphatic rings. The number of carbonyl (C=O) groups excluding carboxylic acids is 1. The van der Waals surface area contributed by atoms with Crippen LogP contribution in [0.1, 0.15) is 31.4 Å². The number of carbonyl (C=O) groups is 1. The molecule has 4 rings (SSSR count). The lowest BCUT2D eigenvalue weighted by Crippen LogP contribution is -2.50. The molecule has 1 saturated carbocycles. The van der Waals surface area contributed by atoms with Gasteiger partial charge in [-0.05, 0) is 47.9 Å². The monoisotopic (exact) mass is 373 g/mol. The van der Waals surface area contributed by atoms with E-state index in [1.807, 2.05) is 41.0 Å². The summed E-state index contributed by atoms with van der Waals surface area (Å²) < 4.78 is 1.86. The molecule has 0 radical (unpaired) electrons. The highest BCUT2D eigenvalue weighted by Gasteiger charge is 2.31. The average molecular weight is 373 g/mol. The molecule has 1 saturated heterocycles. The molecule has 1 aliphatic carbocycles. The van der Waals surface area contributed by atoms with Gasteiger partial charge in [0.05, 0.1) is 11.3 Å². The first-order valence-corrected chi connectivity index (χ1v) is 9.93. The fourth-order valence-corrected chi connectivity index (χ4v) is 4.09. The van der Waals surface area contributed by atoms with Crippen LogP contribution in [0.4, 0.5) is 0 Å². The van der Waals surface area contributed by atoms with E-state index in [0.717, 1.165) is 50.7 Å². The molecule has 1 atom stereocenters. The number of amides is 1. The average Bonchev–Trinajstić information content (AvgIpc) is 3.42. The first kappa shape index (κ1) is 17.4. The molecule has 0 N–H and O–H groups in total. The van der Waals surface area contributed by atoms with Gasteiger partial charge in [0.25, 0.3) is 0 Å². The molecular weight excluding hydrogens is 350 g/mol. The Labute approximate surface area is 156 Å². The smallest absolute Gasteiger partial charge is 0.235 e. The Morgan fingerprint density at radius 3 is 2.65 bits per heavy atom. The third kappa shape index (κ3) is 4.04. The molecule has 8 nitrogen and oxygen atoms in total. The van der Waals surface area contributed by atoms with Gasteiger partial charge in [-0.1, -0.05) is 11.8 Å². The van der Waals surface area contributed by atoms with Crippen molar-refractivity contribution in [2.24, 2.45) is 0 Å². The van der Waals surface area contributed by atoms with Crippen molar-refractivity contribution in [3.8, 4) is 0 Å². The van der Waals surface area contributed by atoms with Crippen molar-refractivity contribution in [1.82, 2.24) is 35.0 Å². The number of nitrogens with zero attached hydrogens (tertiary/aromatic N) is 7. The number of tetrazole rings is 1. The zero-order chi connectivity index (χ0) is 17.9. The van der Waals surface area contributed by atoms with Crippen LogP contribution in [0.3, 0.4) is 0 Å². The molecule has 138 valence electrons. The molecular formula is C17H23N7OS. The molecule has 9 heteroatoms. The Kier molecular flexibility index (Phi) is 5.16. The summed E-state index contributed by atoms with van der Waals surface area (Å²) in [5, 5.41) is 12.5. The van der Waals surface area contributed by atoms with Gasteiger partial charge in [0.2, 0.25) is 11.1 Å². The number of hydrogen-bond acceptors (Lipinski definition) is 7. The number of pyridine rings is 1. The second kappa shape index (κ2) is 7.71. The molecule has 0 bridgehead atoms. The van der Waals surface area contributed by atoms with E-state index in [4.69, 9.17) is 0 Å². The minimum atomic E-state index is -0.176. The minimum absolute atomic E-state index is 0.170. The molecule has 1 unspecified atom stereocenters. The Bertz CT molecular complexity index is 741. The van der Waals surface area contributed by atoms with Crippen LogP contribution < -0.4 is 0 Å². The second-order valence-corrected chi connectivity index (χ2v) is 8.16. The third-order valence-electron chi connectivity index (χ3n) is 4.82. The van der Waals surface area contributed by atoms with Crippen LogP contribution in [0.25, 0.3) is 0 Å². The number of rotatable bonds is 6. The highest BCUT2D eigenvalue weighted by Crippen LogP contribution is 2.37. The van der Waals surface area contributed by atoms with Crippen molar-refractivity contribution in [3.63, 3.8) is 0 Å². The second-order valence-electron chi connectivity index (χ2n) is 6.85. The summed E-state index contributed by atoms with van der Waals surface area (Å²) in [7, 11) is 0. The fraction of sp³-hybridized carbons (Fsp3) is 0.588. The van der Waals surface area contributed by atoms with E-state index < -0.39 is 0 Å². The van der Waals surface area contributed by atoms with Gasteiger partial charge >= 0.3 is 0 Å². The Morgan fingerprint density at radius 1 is 1.23 bits per heavy atom. The van der Waals surface area contributed by atoms with Crippen LogP contribution in [0.2, 0.25) is 0 Å². The molecule has 2 aromatic heterocycles. The van der Waals surface area contributed by atoms with Gasteiger partial charge in [0, 0.05) is 45.1 Å². The van der Waals surface area contributed by atoms with E-state index >= 15 is 0 Å². The van der Waals surface area contributed by atoms with Crippen molar-refractivity contribution in [3.05, 3.63) is 30.1 Å². The molecule has 2 aromatic rings. The van der Waals surface area contributed by atoms with Gasteiger partial charge in [0.15, 0.2) is 0 Å². The van der Waals surface area contributed by atoms with Crippen molar-refractivity contribution < 1.29 is 4.79 Å². The van der Waals surface area contributed by atoms with Crippen molar-refractivity contribution >= 4 is 17.7 Å². The summed E-state index contributed by atoms with van der Waals surface area (Å²) in [5.74, 6) is 0.170. The van der Waals surface area contributed by atoms with Crippen molar-refractivity contribution in [2.45, 2.75) is 42.8 Å². The molecule has 1 aliphatic heterocycles. The molecule has 0 spiro atoms. The standard InChI is InChI=1S/C17H23N7OS/c1-13(26-17-19-20-21-24(17)15-2-3-15)16(25)23-10-8-22(9-11-23)12-14-4-6-18-7-5-14/h4-7,13,15H,2-3,8-12H2,1H3. The molecule has 2 fully saturated rings.